The van der Waals surface area contributed by atoms with Crippen LogP contribution in [0.1, 0.15) is 45.4 Å². The summed E-state index contributed by atoms with van der Waals surface area (Å²) >= 11 is 0. The summed E-state index contributed by atoms with van der Waals surface area (Å²) in [6.07, 6.45) is 0. The molecular weight excluding hydrogens is 164 g/mol. The molecule has 0 spiro atoms. The van der Waals surface area contributed by atoms with Crippen LogP contribution in [0.4, 0.5) is 0 Å². The summed E-state index contributed by atoms with van der Waals surface area (Å²) in [6, 6.07) is -0.0615. The molecule has 74 valence electrons. The molecule has 0 radical (unpaired) electrons. The zero-order valence-electron chi connectivity index (χ0n) is 9.00. The lowest BCUT2D eigenvalue weighted by Crippen LogP contribution is -2.14. The van der Waals surface area contributed by atoms with Gasteiger partial charge < -0.3 is 5.73 Å². The fourth-order valence-corrected chi connectivity index (χ4v) is 1.11. The van der Waals surface area contributed by atoms with Gasteiger partial charge in [-0.1, -0.05) is 20.8 Å². The lowest BCUT2D eigenvalue weighted by Gasteiger charge is -2.12. The second-order valence-corrected chi connectivity index (χ2v) is 4.46. The number of hydrogen-bond acceptors (Lipinski definition) is 3. The molecule has 0 fully saturated rings. The molecule has 0 aliphatic rings. The molecular formula is C9H18N4. The number of hydrogen-bond donors (Lipinski definition) is 1. The Morgan fingerprint density at radius 3 is 2.15 bits per heavy atom. The molecule has 0 bridgehead atoms. The van der Waals surface area contributed by atoms with Gasteiger partial charge in [-0.25, -0.2) is 4.98 Å². The van der Waals surface area contributed by atoms with E-state index in [0.29, 0.717) is 0 Å². The van der Waals surface area contributed by atoms with E-state index in [1.54, 1.807) is 4.68 Å². The van der Waals surface area contributed by atoms with Crippen LogP contribution in [0.15, 0.2) is 0 Å². The van der Waals surface area contributed by atoms with Gasteiger partial charge >= 0.3 is 0 Å². The van der Waals surface area contributed by atoms with E-state index in [1.165, 1.54) is 0 Å². The van der Waals surface area contributed by atoms with Crippen LogP contribution in [0.25, 0.3) is 0 Å². The topological polar surface area (TPSA) is 56.7 Å². The van der Waals surface area contributed by atoms with Crippen molar-refractivity contribution in [3.8, 4) is 0 Å². The quantitative estimate of drug-likeness (QED) is 0.708. The molecule has 4 nitrogen and oxygen atoms in total. The van der Waals surface area contributed by atoms with Gasteiger partial charge in [-0.05, 0) is 6.92 Å². The van der Waals surface area contributed by atoms with Crippen LogP contribution in [0.3, 0.4) is 0 Å². The molecule has 0 aliphatic carbocycles. The number of nitrogens with zero attached hydrogens (tertiary/aromatic N) is 3. The van der Waals surface area contributed by atoms with Crippen molar-refractivity contribution in [2.24, 2.45) is 12.8 Å². The van der Waals surface area contributed by atoms with Crippen LogP contribution < -0.4 is 5.73 Å². The van der Waals surface area contributed by atoms with Crippen molar-refractivity contribution in [3.05, 3.63) is 11.6 Å². The molecule has 1 aromatic heterocycles. The van der Waals surface area contributed by atoms with Crippen LogP contribution in [-0.4, -0.2) is 14.8 Å². The van der Waals surface area contributed by atoms with Crippen LogP contribution in [0.5, 0.6) is 0 Å². The first-order chi connectivity index (χ1) is 5.82. The van der Waals surface area contributed by atoms with Crippen LogP contribution in [-0.2, 0) is 12.5 Å². The Kier molecular flexibility index (Phi) is 2.43. The molecule has 1 rings (SSSR count). The van der Waals surface area contributed by atoms with Crippen LogP contribution >= 0.6 is 0 Å². The third-order valence-electron chi connectivity index (χ3n) is 1.87. The number of aromatic nitrogens is 3. The Balaban J connectivity index is 3.10. The normalized spacial score (nSPS) is 14.6. The molecule has 1 unspecified atom stereocenters. The predicted octanol–water partition coefficient (Wildman–Crippen LogP) is 1.13. The molecule has 4 heteroatoms. The highest BCUT2D eigenvalue weighted by Crippen LogP contribution is 2.19. The maximum absolute atomic E-state index is 5.75. The Morgan fingerprint density at radius 1 is 1.38 bits per heavy atom. The van der Waals surface area contributed by atoms with E-state index >= 15 is 0 Å². The molecule has 1 atom stereocenters. The maximum atomic E-state index is 5.75. The van der Waals surface area contributed by atoms with E-state index in [2.05, 4.69) is 30.9 Å². The number of aryl methyl sites for hydroxylation is 1. The highest BCUT2D eigenvalue weighted by Gasteiger charge is 2.21. The maximum Gasteiger partial charge on any atom is 0.156 e. The molecule has 2 N–H and O–H groups in total. The standard InChI is InChI=1S/C9H18N4/c1-6(10)7-11-8(9(2,3)4)12-13(7)5/h6H,10H2,1-5H3. The molecule has 0 amide bonds. The minimum atomic E-state index is -0.0615. The average Bonchev–Trinajstić information content (AvgIpc) is 2.29. The third kappa shape index (κ3) is 2.06. The summed E-state index contributed by atoms with van der Waals surface area (Å²) in [7, 11) is 1.88. The van der Waals surface area contributed by atoms with E-state index in [1.807, 2.05) is 14.0 Å². The van der Waals surface area contributed by atoms with Gasteiger partial charge in [-0.15, -0.1) is 0 Å². The highest BCUT2D eigenvalue weighted by molar-refractivity contribution is 5.05. The number of nitrogens with two attached hydrogens (primary N) is 1. The van der Waals surface area contributed by atoms with E-state index in [9.17, 15) is 0 Å². The fourth-order valence-electron chi connectivity index (χ4n) is 1.11. The average molecular weight is 182 g/mol. The van der Waals surface area contributed by atoms with Gasteiger partial charge in [-0.3, -0.25) is 4.68 Å². The third-order valence-corrected chi connectivity index (χ3v) is 1.87. The first kappa shape index (κ1) is 10.2. The molecule has 1 heterocycles. The van der Waals surface area contributed by atoms with Crippen molar-refractivity contribution in [2.75, 3.05) is 0 Å². The summed E-state index contributed by atoms with van der Waals surface area (Å²) in [5.41, 5.74) is 5.74. The lowest BCUT2D eigenvalue weighted by atomic mass is 9.96. The first-order valence-electron chi connectivity index (χ1n) is 4.49. The van der Waals surface area contributed by atoms with E-state index in [0.717, 1.165) is 11.6 Å². The highest BCUT2D eigenvalue weighted by atomic mass is 15.3. The summed E-state index contributed by atoms with van der Waals surface area (Å²) in [5, 5.41) is 4.33. The van der Waals surface area contributed by atoms with E-state index in [4.69, 9.17) is 5.73 Å². The molecule has 0 saturated carbocycles. The molecule has 13 heavy (non-hydrogen) atoms. The Bertz CT molecular complexity index is 293. The zero-order chi connectivity index (χ0) is 10.2. The van der Waals surface area contributed by atoms with Crippen molar-refractivity contribution in [1.29, 1.82) is 0 Å². The largest absolute Gasteiger partial charge is 0.322 e. The lowest BCUT2D eigenvalue weighted by molar-refractivity contribution is 0.538. The second kappa shape index (κ2) is 3.10. The fraction of sp³-hybridized carbons (Fsp3) is 0.778. The van der Waals surface area contributed by atoms with Crippen LogP contribution in [0, 0.1) is 0 Å². The second-order valence-electron chi connectivity index (χ2n) is 4.46. The van der Waals surface area contributed by atoms with Gasteiger partial charge in [0.15, 0.2) is 5.82 Å². The van der Waals surface area contributed by atoms with Gasteiger partial charge in [0.05, 0.1) is 6.04 Å². The van der Waals surface area contributed by atoms with Gasteiger partial charge in [0.25, 0.3) is 0 Å². The number of rotatable bonds is 1. The summed E-state index contributed by atoms with van der Waals surface area (Å²) in [4.78, 5) is 4.41. The minimum absolute atomic E-state index is 0.00903. The Hall–Kier alpha value is -0.900. The van der Waals surface area contributed by atoms with Crippen molar-refractivity contribution in [1.82, 2.24) is 14.8 Å². The first-order valence-corrected chi connectivity index (χ1v) is 4.49. The smallest absolute Gasteiger partial charge is 0.156 e. The Labute approximate surface area is 79.2 Å². The summed E-state index contributed by atoms with van der Waals surface area (Å²) in [6.45, 7) is 8.18. The van der Waals surface area contributed by atoms with Crippen molar-refractivity contribution < 1.29 is 0 Å². The van der Waals surface area contributed by atoms with Gasteiger partial charge in [-0.2, -0.15) is 5.10 Å². The van der Waals surface area contributed by atoms with Crippen molar-refractivity contribution in [2.45, 2.75) is 39.2 Å². The molecule has 0 aromatic carbocycles. The monoisotopic (exact) mass is 182 g/mol. The van der Waals surface area contributed by atoms with E-state index in [-0.39, 0.29) is 11.5 Å². The molecule has 0 saturated heterocycles. The van der Waals surface area contributed by atoms with Gasteiger partial charge in [0.1, 0.15) is 5.82 Å². The van der Waals surface area contributed by atoms with Gasteiger partial charge in [0, 0.05) is 12.5 Å². The molecule has 1 aromatic rings. The predicted molar refractivity (Wildman–Crippen MR) is 52.3 cm³/mol. The van der Waals surface area contributed by atoms with E-state index < -0.39 is 0 Å². The Morgan fingerprint density at radius 2 is 1.92 bits per heavy atom. The minimum Gasteiger partial charge on any atom is -0.322 e. The van der Waals surface area contributed by atoms with Crippen LogP contribution in [0.2, 0.25) is 0 Å². The SMILES string of the molecule is CC(N)c1nc(C(C)(C)C)nn1C. The summed E-state index contributed by atoms with van der Waals surface area (Å²) in [5.74, 6) is 1.69. The molecule has 0 aliphatic heterocycles. The zero-order valence-corrected chi connectivity index (χ0v) is 9.00. The van der Waals surface area contributed by atoms with Gasteiger partial charge in [0.2, 0.25) is 0 Å². The van der Waals surface area contributed by atoms with Crippen molar-refractivity contribution >= 4 is 0 Å². The van der Waals surface area contributed by atoms with Crippen molar-refractivity contribution in [3.63, 3.8) is 0 Å². The summed E-state index contributed by atoms with van der Waals surface area (Å²) < 4.78 is 1.76.